The molecule has 0 saturated carbocycles. The van der Waals surface area contributed by atoms with Crippen LogP contribution in [0.4, 0.5) is 5.69 Å². The largest absolute Gasteiger partial charge is 0.321 e. The Balaban J connectivity index is 1.60. The van der Waals surface area contributed by atoms with Crippen LogP contribution in [0.15, 0.2) is 97.1 Å². The molecule has 0 aliphatic heterocycles. The predicted octanol–water partition coefficient (Wildman–Crippen LogP) is 6.91. The van der Waals surface area contributed by atoms with Crippen LogP contribution in [-0.2, 0) is 0 Å². The average Bonchev–Trinajstić information content (AvgIpc) is 3.25. The molecule has 4 aromatic carbocycles. The van der Waals surface area contributed by atoms with Crippen molar-refractivity contribution in [1.29, 1.82) is 0 Å². The number of aromatic nitrogens is 2. The van der Waals surface area contributed by atoms with Gasteiger partial charge in [-0.2, -0.15) is 5.10 Å². The molecule has 0 atom stereocenters. The zero-order chi connectivity index (χ0) is 22.1. The van der Waals surface area contributed by atoms with E-state index in [1.54, 1.807) is 24.3 Å². The van der Waals surface area contributed by atoms with Gasteiger partial charge in [0.1, 0.15) is 0 Å². The van der Waals surface area contributed by atoms with Gasteiger partial charge in [0.15, 0.2) is 5.69 Å². The molecule has 5 aromatic rings. The highest BCUT2D eigenvalue weighted by Gasteiger charge is 2.17. The van der Waals surface area contributed by atoms with E-state index in [1.807, 2.05) is 54.1 Å². The van der Waals surface area contributed by atoms with Crippen LogP contribution in [0.3, 0.4) is 0 Å². The summed E-state index contributed by atoms with van der Waals surface area (Å²) in [4.78, 5) is 13.0. The normalized spacial score (nSPS) is 10.9. The molecule has 5 heteroatoms. The van der Waals surface area contributed by atoms with E-state index in [4.69, 9.17) is 11.6 Å². The van der Waals surface area contributed by atoms with Crippen LogP contribution in [-0.4, -0.2) is 15.7 Å². The number of fused-ring (bicyclic) bond motifs is 1. The van der Waals surface area contributed by atoms with E-state index in [-0.39, 0.29) is 5.91 Å². The van der Waals surface area contributed by atoms with E-state index in [9.17, 15) is 4.79 Å². The molecule has 0 saturated heterocycles. The molecule has 32 heavy (non-hydrogen) atoms. The lowest BCUT2D eigenvalue weighted by Crippen LogP contribution is -2.13. The van der Waals surface area contributed by atoms with Crippen LogP contribution in [0.2, 0.25) is 5.02 Å². The molecule has 0 fully saturated rings. The van der Waals surface area contributed by atoms with Gasteiger partial charge in [-0.15, -0.1) is 0 Å². The molecular weight excluding hydrogens is 418 g/mol. The van der Waals surface area contributed by atoms with Gasteiger partial charge in [0.2, 0.25) is 0 Å². The van der Waals surface area contributed by atoms with Crippen molar-refractivity contribution in [2.75, 3.05) is 5.32 Å². The summed E-state index contributed by atoms with van der Waals surface area (Å²) in [6, 6.07) is 31.4. The van der Waals surface area contributed by atoms with Gasteiger partial charge in [0.25, 0.3) is 5.91 Å². The second kappa shape index (κ2) is 8.33. The summed E-state index contributed by atoms with van der Waals surface area (Å²) >= 11 is 6.05. The van der Waals surface area contributed by atoms with Crippen molar-refractivity contribution in [3.8, 4) is 16.9 Å². The number of rotatable bonds is 4. The van der Waals surface area contributed by atoms with Crippen molar-refractivity contribution in [3.63, 3.8) is 0 Å². The molecule has 1 heterocycles. The Labute approximate surface area is 191 Å². The molecule has 1 aromatic heterocycles. The van der Waals surface area contributed by atoms with Crippen LogP contribution >= 0.6 is 11.6 Å². The first kappa shape index (κ1) is 20.0. The zero-order valence-electron chi connectivity index (χ0n) is 17.4. The predicted molar refractivity (Wildman–Crippen MR) is 131 cm³/mol. The van der Waals surface area contributed by atoms with Crippen LogP contribution in [0.25, 0.3) is 27.7 Å². The molecule has 1 amide bonds. The third kappa shape index (κ3) is 4.01. The highest BCUT2D eigenvalue weighted by Crippen LogP contribution is 2.28. The van der Waals surface area contributed by atoms with Gasteiger partial charge in [-0.3, -0.25) is 4.79 Å². The maximum atomic E-state index is 13.0. The van der Waals surface area contributed by atoms with Gasteiger partial charge in [0.05, 0.1) is 11.4 Å². The van der Waals surface area contributed by atoms with E-state index in [2.05, 4.69) is 40.7 Å². The Morgan fingerprint density at radius 1 is 0.844 bits per heavy atom. The van der Waals surface area contributed by atoms with Gasteiger partial charge in [-0.05, 0) is 60.2 Å². The van der Waals surface area contributed by atoms with Crippen molar-refractivity contribution in [2.24, 2.45) is 0 Å². The number of hydrogen-bond acceptors (Lipinski definition) is 2. The van der Waals surface area contributed by atoms with E-state index in [0.717, 1.165) is 33.3 Å². The van der Waals surface area contributed by atoms with Crippen molar-refractivity contribution in [1.82, 2.24) is 9.78 Å². The summed E-state index contributed by atoms with van der Waals surface area (Å²) in [6.07, 6.45) is 0. The third-order valence-electron chi connectivity index (χ3n) is 5.35. The minimum absolute atomic E-state index is 0.292. The number of halogens is 1. The smallest absolute Gasteiger partial charge is 0.276 e. The number of aryl methyl sites for hydroxylation is 1. The monoisotopic (exact) mass is 437 g/mol. The van der Waals surface area contributed by atoms with Crippen LogP contribution in [0, 0.1) is 6.92 Å². The number of nitrogens with zero attached hydrogens (tertiary/aromatic N) is 2. The first-order valence-electron chi connectivity index (χ1n) is 10.3. The van der Waals surface area contributed by atoms with E-state index >= 15 is 0 Å². The first-order valence-corrected chi connectivity index (χ1v) is 10.7. The first-order chi connectivity index (χ1) is 15.6. The summed E-state index contributed by atoms with van der Waals surface area (Å²) in [5.41, 5.74) is 4.83. The van der Waals surface area contributed by atoms with E-state index in [0.29, 0.717) is 16.4 Å². The summed E-state index contributed by atoms with van der Waals surface area (Å²) < 4.78 is 1.82. The summed E-state index contributed by atoms with van der Waals surface area (Å²) in [6.45, 7) is 2.04. The fourth-order valence-electron chi connectivity index (χ4n) is 3.69. The molecule has 0 radical (unpaired) electrons. The molecule has 0 spiro atoms. The Hall–Kier alpha value is -3.89. The molecule has 156 valence electrons. The second-order valence-corrected chi connectivity index (χ2v) is 8.13. The van der Waals surface area contributed by atoms with E-state index < -0.39 is 0 Å². The number of carbonyl (C=O) groups is 1. The lowest BCUT2D eigenvalue weighted by atomic mass is 10.0. The van der Waals surface area contributed by atoms with Crippen LogP contribution < -0.4 is 5.32 Å². The van der Waals surface area contributed by atoms with Crippen molar-refractivity contribution in [3.05, 3.63) is 113 Å². The Kier molecular flexibility index (Phi) is 5.21. The fraction of sp³-hybridized carbons (Fsp3) is 0.0370. The fourth-order valence-corrected chi connectivity index (χ4v) is 3.88. The van der Waals surface area contributed by atoms with Gasteiger partial charge in [-0.25, -0.2) is 4.68 Å². The molecule has 1 N–H and O–H groups in total. The lowest BCUT2D eigenvalue weighted by Gasteiger charge is -2.09. The zero-order valence-corrected chi connectivity index (χ0v) is 18.2. The molecule has 0 bridgehead atoms. The topological polar surface area (TPSA) is 46.9 Å². The summed E-state index contributed by atoms with van der Waals surface area (Å²) in [5.74, 6) is -0.292. The SMILES string of the molecule is Cc1ccc(-n2nc(C(=O)Nc3cccc(Cl)c3)cc2-c2ccc3ccccc3c2)cc1. The molecular formula is C27H20ClN3O. The minimum Gasteiger partial charge on any atom is -0.321 e. The Morgan fingerprint density at radius 3 is 2.41 bits per heavy atom. The number of nitrogens with one attached hydrogen (secondary N) is 1. The highest BCUT2D eigenvalue weighted by molar-refractivity contribution is 6.31. The third-order valence-corrected chi connectivity index (χ3v) is 5.58. The van der Waals surface area contributed by atoms with Crippen molar-refractivity contribution in [2.45, 2.75) is 6.92 Å². The van der Waals surface area contributed by atoms with Gasteiger partial charge < -0.3 is 5.32 Å². The van der Waals surface area contributed by atoms with Gasteiger partial charge >= 0.3 is 0 Å². The van der Waals surface area contributed by atoms with Crippen molar-refractivity contribution >= 4 is 34.0 Å². The number of hydrogen-bond donors (Lipinski definition) is 1. The average molecular weight is 438 g/mol. The molecule has 0 unspecified atom stereocenters. The molecule has 4 nitrogen and oxygen atoms in total. The van der Waals surface area contributed by atoms with Crippen molar-refractivity contribution < 1.29 is 4.79 Å². The maximum Gasteiger partial charge on any atom is 0.276 e. The number of benzene rings is 4. The molecule has 0 aliphatic rings. The van der Waals surface area contributed by atoms with Gasteiger partial charge in [-0.1, -0.05) is 71.8 Å². The maximum absolute atomic E-state index is 13.0. The van der Waals surface area contributed by atoms with Gasteiger partial charge in [0, 0.05) is 16.3 Å². The molecule has 0 aliphatic carbocycles. The highest BCUT2D eigenvalue weighted by atomic mass is 35.5. The van der Waals surface area contributed by atoms with E-state index in [1.165, 1.54) is 0 Å². The van der Waals surface area contributed by atoms with Crippen LogP contribution in [0.5, 0.6) is 0 Å². The minimum atomic E-state index is -0.292. The standard InChI is InChI=1S/C27H20ClN3O/c1-18-9-13-24(14-10-18)31-26(21-12-11-19-5-2-3-6-20(19)15-21)17-25(30-31)27(32)29-23-8-4-7-22(28)16-23/h2-17H,1H3,(H,29,32). The Morgan fingerprint density at radius 2 is 1.62 bits per heavy atom. The second-order valence-electron chi connectivity index (χ2n) is 7.69. The lowest BCUT2D eigenvalue weighted by molar-refractivity contribution is 0.102. The summed E-state index contributed by atoms with van der Waals surface area (Å²) in [7, 11) is 0. The number of amides is 1. The van der Waals surface area contributed by atoms with Crippen LogP contribution in [0.1, 0.15) is 16.1 Å². The Bertz CT molecular complexity index is 1440. The summed E-state index contributed by atoms with van der Waals surface area (Å²) in [5, 5.41) is 10.4. The quantitative estimate of drug-likeness (QED) is 0.332. The number of carbonyl (C=O) groups excluding carboxylic acids is 1. The number of anilines is 1. The molecule has 5 rings (SSSR count).